The summed E-state index contributed by atoms with van der Waals surface area (Å²) in [5, 5.41) is 16.3. The van der Waals surface area contributed by atoms with Crippen LogP contribution in [-0.2, 0) is 17.4 Å². The number of nitrogens with zero attached hydrogens (tertiary/aromatic N) is 1. The lowest BCUT2D eigenvalue weighted by Gasteiger charge is -2.17. The van der Waals surface area contributed by atoms with E-state index in [1.165, 1.54) is 23.5 Å². The first-order valence-electron chi connectivity index (χ1n) is 11.1. The summed E-state index contributed by atoms with van der Waals surface area (Å²) in [7, 11) is 0. The van der Waals surface area contributed by atoms with Gasteiger partial charge in [-0.15, -0.1) is 0 Å². The van der Waals surface area contributed by atoms with Gasteiger partial charge in [-0.05, 0) is 42.5 Å². The second kappa shape index (κ2) is 10.2. The zero-order valence-electron chi connectivity index (χ0n) is 18.9. The van der Waals surface area contributed by atoms with Crippen molar-refractivity contribution >= 4 is 27.9 Å². The molecule has 0 saturated carbocycles. The number of aliphatic hydroxyl groups excluding tert-OH is 1. The van der Waals surface area contributed by atoms with Crippen LogP contribution in [-0.4, -0.2) is 40.7 Å². The summed E-state index contributed by atoms with van der Waals surface area (Å²) >= 11 is 1.39. The number of nitrogens with two attached hydrogens (primary N) is 1. The van der Waals surface area contributed by atoms with Crippen LogP contribution in [0.3, 0.4) is 0 Å². The van der Waals surface area contributed by atoms with Gasteiger partial charge in [0.05, 0.1) is 16.5 Å². The molecule has 10 heteroatoms. The third-order valence-electron chi connectivity index (χ3n) is 5.67. The van der Waals surface area contributed by atoms with E-state index >= 15 is 0 Å². The topological polar surface area (TPSA) is 100 Å². The van der Waals surface area contributed by atoms with E-state index in [0.29, 0.717) is 35.8 Å². The predicted octanol–water partition coefficient (Wildman–Crippen LogP) is 3.33. The SMILES string of the molecule is CC(O)C#Cc1nc(NC[C@@H](N)Cc2ccc(C(F)(F)F)cc2)sc1C1=CC2CC(=O)NC2C=C1. The zero-order chi connectivity index (χ0) is 25.2. The Labute approximate surface area is 205 Å². The summed E-state index contributed by atoms with van der Waals surface area (Å²) in [6, 6.07) is 4.62. The number of anilines is 1. The van der Waals surface area contributed by atoms with Crippen molar-refractivity contribution in [1.29, 1.82) is 0 Å². The fourth-order valence-electron chi connectivity index (χ4n) is 3.96. The van der Waals surface area contributed by atoms with Crippen molar-refractivity contribution in [3.8, 4) is 11.8 Å². The second-order valence-corrected chi connectivity index (χ2v) is 9.62. The van der Waals surface area contributed by atoms with E-state index in [9.17, 15) is 23.1 Å². The molecule has 0 radical (unpaired) electrons. The number of aromatic nitrogens is 1. The molecule has 2 aliphatic rings. The van der Waals surface area contributed by atoms with Gasteiger partial charge in [0.25, 0.3) is 0 Å². The van der Waals surface area contributed by atoms with Crippen LogP contribution in [0.2, 0.25) is 0 Å². The average molecular weight is 503 g/mol. The van der Waals surface area contributed by atoms with Gasteiger partial charge >= 0.3 is 6.18 Å². The van der Waals surface area contributed by atoms with E-state index in [4.69, 9.17) is 5.73 Å². The molecule has 2 aromatic rings. The van der Waals surface area contributed by atoms with Gasteiger partial charge in [-0.3, -0.25) is 4.79 Å². The van der Waals surface area contributed by atoms with Crippen molar-refractivity contribution in [1.82, 2.24) is 10.3 Å². The van der Waals surface area contributed by atoms with Crippen LogP contribution in [0.25, 0.3) is 5.57 Å². The Morgan fingerprint density at radius 3 is 2.77 bits per heavy atom. The number of carbonyl (C=O) groups is 1. The molecule has 1 amide bonds. The number of rotatable bonds is 6. The number of halogens is 3. The van der Waals surface area contributed by atoms with E-state index in [1.54, 1.807) is 6.92 Å². The van der Waals surface area contributed by atoms with Gasteiger partial charge in [0.15, 0.2) is 5.13 Å². The monoisotopic (exact) mass is 502 g/mol. The van der Waals surface area contributed by atoms with E-state index in [0.717, 1.165) is 22.6 Å². The van der Waals surface area contributed by atoms with Crippen molar-refractivity contribution in [3.63, 3.8) is 0 Å². The highest BCUT2D eigenvalue weighted by molar-refractivity contribution is 7.16. The maximum atomic E-state index is 12.7. The Kier molecular flexibility index (Phi) is 7.31. The van der Waals surface area contributed by atoms with Gasteiger partial charge in [-0.2, -0.15) is 13.2 Å². The lowest BCUT2D eigenvalue weighted by molar-refractivity contribution is -0.137. The highest BCUT2D eigenvalue weighted by atomic mass is 32.1. The minimum Gasteiger partial charge on any atom is -0.381 e. The number of benzene rings is 1. The first kappa shape index (κ1) is 25.0. The van der Waals surface area contributed by atoms with E-state index in [-0.39, 0.29) is 23.9 Å². The van der Waals surface area contributed by atoms with Gasteiger partial charge in [-0.25, -0.2) is 4.98 Å². The number of nitrogens with one attached hydrogen (secondary N) is 2. The molecule has 184 valence electrons. The van der Waals surface area contributed by atoms with Crippen molar-refractivity contribution < 1.29 is 23.1 Å². The molecule has 5 N–H and O–H groups in total. The third-order valence-corrected chi connectivity index (χ3v) is 6.73. The summed E-state index contributed by atoms with van der Waals surface area (Å²) in [5.41, 5.74) is 7.65. The van der Waals surface area contributed by atoms with E-state index < -0.39 is 17.8 Å². The molecule has 3 unspecified atom stereocenters. The number of aliphatic hydroxyl groups is 1. The van der Waals surface area contributed by atoms with Crippen LogP contribution < -0.4 is 16.4 Å². The van der Waals surface area contributed by atoms with Crippen LogP contribution in [0.4, 0.5) is 18.3 Å². The number of fused-ring (bicyclic) bond motifs is 1. The van der Waals surface area contributed by atoms with Gasteiger partial charge < -0.3 is 21.5 Å². The molecule has 6 nitrogen and oxygen atoms in total. The van der Waals surface area contributed by atoms with Crippen molar-refractivity contribution in [2.45, 2.75) is 44.1 Å². The lowest BCUT2D eigenvalue weighted by atomic mass is 9.91. The molecule has 2 heterocycles. The molecule has 1 fully saturated rings. The molecule has 0 bridgehead atoms. The quantitative estimate of drug-likeness (QED) is 0.454. The maximum Gasteiger partial charge on any atom is 0.416 e. The highest BCUT2D eigenvalue weighted by Gasteiger charge is 2.32. The molecular weight excluding hydrogens is 477 g/mol. The van der Waals surface area contributed by atoms with Crippen LogP contribution in [0.5, 0.6) is 0 Å². The van der Waals surface area contributed by atoms with Crippen LogP contribution in [0, 0.1) is 17.8 Å². The van der Waals surface area contributed by atoms with Crippen molar-refractivity contribution in [2.24, 2.45) is 11.7 Å². The minimum absolute atomic E-state index is 0.00744. The molecule has 1 aliphatic heterocycles. The number of hydrogen-bond acceptors (Lipinski definition) is 6. The molecule has 1 aromatic heterocycles. The second-order valence-electron chi connectivity index (χ2n) is 8.62. The van der Waals surface area contributed by atoms with Crippen molar-refractivity contribution in [2.75, 3.05) is 11.9 Å². The number of amides is 1. The van der Waals surface area contributed by atoms with Gasteiger partial charge in [0.2, 0.25) is 5.91 Å². The Hall–Kier alpha value is -3.13. The fraction of sp³-hybridized carbons (Fsp3) is 0.360. The molecule has 35 heavy (non-hydrogen) atoms. The minimum atomic E-state index is -4.37. The van der Waals surface area contributed by atoms with E-state index in [2.05, 4.69) is 27.5 Å². The number of alkyl halides is 3. The maximum absolute atomic E-state index is 12.7. The number of allylic oxidation sites excluding steroid dienone is 2. The lowest BCUT2D eigenvalue weighted by Crippen LogP contribution is -2.31. The van der Waals surface area contributed by atoms with Crippen LogP contribution >= 0.6 is 11.3 Å². The number of carbonyl (C=O) groups excluding carboxylic acids is 1. The molecule has 1 aromatic carbocycles. The smallest absolute Gasteiger partial charge is 0.381 e. The highest BCUT2D eigenvalue weighted by Crippen LogP contribution is 2.36. The number of hydrogen-bond donors (Lipinski definition) is 4. The van der Waals surface area contributed by atoms with Crippen LogP contribution in [0.15, 0.2) is 42.5 Å². The Morgan fingerprint density at radius 1 is 1.34 bits per heavy atom. The average Bonchev–Trinajstić information content (AvgIpc) is 3.37. The summed E-state index contributed by atoms with van der Waals surface area (Å²) < 4.78 is 38.2. The number of thiazole rings is 1. The van der Waals surface area contributed by atoms with Gasteiger partial charge in [-0.1, -0.05) is 47.6 Å². The summed E-state index contributed by atoms with van der Waals surface area (Å²) in [6.45, 7) is 1.92. The third kappa shape index (κ3) is 6.31. The zero-order valence-corrected chi connectivity index (χ0v) is 19.7. The Bertz CT molecular complexity index is 1210. The predicted molar refractivity (Wildman–Crippen MR) is 129 cm³/mol. The standard InChI is InChI=1S/C25H25F3N4O2S/c1-14(33)2-8-21-23(16-5-9-20-17(11-16)12-22(34)31-20)35-24(32-21)30-13-19(29)10-15-3-6-18(7-4-15)25(26,27)28/h3-7,9,11,14,17,19-20,33H,10,12-13,29H2,1H3,(H,30,32)(H,31,34)/t14?,17?,19-,20?/m0/s1. The Balaban J connectivity index is 1.45. The summed E-state index contributed by atoms with van der Waals surface area (Å²) in [4.78, 5) is 17.1. The normalized spacial score (nSPS) is 20.9. The molecule has 1 saturated heterocycles. The first-order chi connectivity index (χ1) is 16.6. The molecule has 4 rings (SSSR count). The molecule has 1 aliphatic carbocycles. The summed E-state index contributed by atoms with van der Waals surface area (Å²) in [5.74, 6) is 5.73. The molecular formula is C25H25F3N4O2S. The van der Waals surface area contributed by atoms with E-state index in [1.807, 2.05) is 18.2 Å². The van der Waals surface area contributed by atoms with Crippen molar-refractivity contribution in [3.05, 3.63) is 64.2 Å². The molecule has 0 spiro atoms. The first-order valence-corrected chi connectivity index (χ1v) is 12.0. The van der Waals surface area contributed by atoms with Crippen LogP contribution in [0.1, 0.15) is 35.0 Å². The molecule has 4 atom stereocenters. The largest absolute Gasteiger partial charge is 0.416 e. The Morgan fingerprint density at radius 2 is 2.09 bits per heavy atom. The van der Waals surface area contributed by atoms with Gasteiger partial charge in [0, 0.05) is 24.9 Å². The fourth-order valence-corrected chi connectivity index (χ4v) is 4.90. The van der Waals surface area contributed by atoms with Gasteiger partial charge in [0.1, 0.15) is 11.8 Å². The summed E-state index contributed by atoms with van der Waals surface area (Å²) in [6.07, 6.45) is 1.59.